The highest BCUT2D eigenvalue weighted by Crippen LogP contribution is 2.32. The quantitative estimate of drug-likeness (QED) is 0.817. The van der Waals surface area contributed by atoms with E-state index in [0.717, 1.165) is 15.4 Å². The van der Waals surface area contributed by atoms with Crippen LogP contribution in [0.2, 0.25) is 0 Å². The van der Waals surface area contributed by atoms with Crippen molar-refractivity contribution in [1.29, 1.82) is 0 Å². The molecule has 1 aromatic rings. The molecule has 5 amide bonds. The number of amides is 5. The van der Waals surface area contributed by atoms with Crippen molar-refractivity contribution in [3.8, 4) is 0 Å². The third-order valence-corrected chi connectivity index (χ3v) is 4.62. The maximum Gasteiger partial charge on any atom is 0.332 e. The van der Waals surface area contributed by atoms with Crippen LogP contribution in [0.15, 0.2) is 42.1 Å². The first-order chi connectivity index (χ1) is 12.4. The molecule has 0 saturated carbocycles. The topological polar surface area (TPSA) is 90.0 Å². The molecule has 0 radical (unpaired) electrons. The highest BCUT2D eigenvalue weighted by Gasteiger charge is 2.47. The molecule has 3 rings (SSSR count). The lowest BCUT2D eigenvalue weighted by Crippen LogP contribution is -2.58. The molecule has 0 bridgehead atoms. The van der Waals surface area contributed by atoms with Gasteiger partial charge in [-0.2, -0.15) is 0 Å². The van der Waals surface area contributed by atoms with Gasteiger partial charge in [0.2, 0.25) is 17.7 Å². The molecule has 26 heavy (non-hydrogen) atoms. The van der Waals surface area contributed by atoms with Crippen LogP contribution in [0, 0.1) is 5.92 Å². The number of hydrazine groups is 1. The number of imide groups is 2. The minimum Gasteiger partial charge on any atom is -0.298 e. The number of hydrogen-bond acceptors (Lipinski definition) is 5. The summed E-state index contributed by atoms with van der Waals surface area (Å²) in [5.74, 6) is -2.58. The summed E-state index contributed by atoms with van der Waals surface area (Å²) in [4.78, 5) is 51.2. The fraction of sp³-hybridized carbons (Fsp3) is 0.333. The van der Waals surface area contributed by atoms with Crippen molar-refractivity contribution >= 4 is 23.8 Å². The molecular formula is C18H20N4O4. The fourth-order valence-corrected chi connectivity index (χ4v) is 3.11. The maximum atomic E-state index is 12.5. The van der Waals surface area contributed by atoms with Gasteiger partial charge in [0, 0.05) is 20.5 Å². The average molecular weight is 356 g/mol. The zero-order chi connectivity index (χ0) is 19.0. The first-order valence-corrected chi connectivity index (χ1v) is 8.31. The summed E-state index contributed by atoms with van der Waals surface area (Å²) >= 11 is 0. The Kier molecular flexibility index (Phi) is 4.50. The number of carbonyl (C=O) groups excluding carboxylic acids is 4. The molecule has 8 heteroatoms. The number of nitrogens with zero attached hydrogens (tertiary/aromatic N) is 3. The van der Waals surface area contributed by atoms with E-state index in [4.69, 9.17) is 0 Å². The fourth-order valence-electron chi connectivity index (χ4n) is 3.11. The number of carbonyl (C=O) groups is 4. The van der Waals surface area contributed by atoms with Crippen molar-refractivity contribution in [2.24, 2.45) is 5.92 Å². The molecule has 0 spiro atoms. The largest absolute Gasteiger partial charge is 0.332 e. The monoisotopic (exact) mass is 356 g/mol. The van der Waals surface area contributed by atoms with Crippen molar-refractivity contribution in [2.45, 2.75) is 19.4 Å². The SMILES string of the molecule is CCC(=O)N1NC(C2C(=O)N(C)C(=O)N(C)C2=O)=C[C@H]1c1ccccc1. The van der Waals surface area contributed by atoms with Gasteiger partial charge in [0.05, 0.1) is 11.7 Å². The van der Waals surface area contributed by atoms with Crippen LogP contribution in [0.3, 0.4) is 0 Å². The van der Waals surface area contributed by atoms with E-state index in [-0.39, 0.29) is 12.3 Å². The van der Waals surface area contributed by atoms with Crippen molar-refractivity contribution in [3.05, 3.63) is 47.7 Å². The Hall–Kier alpha value is -3.16. The highest BCUT2D eigenvalue weighted by molar-refractivity contribution is 6.17. The third kappa shape index (κ3) is 2.73. The molecule has 1 atom stereocenters. The second kappa shape index (κ2) is 6.62. The van der Waals surface area contributed by atoms with Crippen LogP contribution >= 0.6 is 0 Å². The Bertz CT molecular complexity index is 781. The summed E-state index contributed by atoms with van der Waals surface area (Å²) in [6, 6.07) is 8.21. The summed E-state index contributed by atoms with van der Waals surface area (Å²) in [5, 5.41) is 1.42. The lowest BCUT2D eigenvalue weighted by molar-refractivity contribution is -0.146. The number of hydrogen-bond donors (Lipinski definition) is 1. The Morgan fingerprint density at radius 1 is 1.04 bits per heavy atom. The molecule has 2 heterocycles. The number of rotatable bonds is 3. The van der Waals surface area contributed by atoms with Gasteiger partial charge in [-0.25, -0.2) is 9.80 Å². The first-order valence-electron chi connectivity index (χ1n) is 8.31. The standard InChI is InChI=1S/C18H20N4O4/c1-4-14(23)22-13(11-8-6-5-7-9-11)10-12(19-22)15-16(24)20(2)18(26)21(3)17(15)25/h5-10,13,15,19H,4H2,1-3H3/t13-/m0/s1. The van der Waals surface area contributed by atoms with Crippen LogP contribution in [0.25, 0.3) is 0 Å². The lowest BCUT2D eigenvalue weighted by Gasteiger charge is -2.33. The van der Waals surface area contributed by atoms with Crippen LogP contribution in [0.5, 0.6) is 0 Å². The van der Waals surface area contributed by atoms with Gasteiger partial charge in [0.15, 0.2) is 5.92 Å². The van der Waals surface area contributed by atoms with Crippen LogP contribution < -0.4 is 5.43 Å². The molecule has 2 aliphatic heterocycles. The molecule has 1 aromatic carbocycles. The molecule has 0 aliphatic carbocycles. The zero-order valence-electron chi connectivity index (χ0n) is 14.8. The molecule has 2 aliphatic rings. The van der Waals surface area contributed by atoms with E-state index in [9.17, 15) is 19.2 Å². The lowest BCUT2D eigenvalue weighted by atomic mass is 9.98. The van der Waals surface area contributed by atoms with Crippen molar-refractivity contribution in [1.82, 2.24) is 20.2 Å². The smallest absolute Gasteiger partial charge is 0.298 e. The molecule has 8 nitrogen and oxygen atoms in total. The predicted molar refractivity (Wildman–Crippen MR) is 92.0 cm³/mol. The summed E-state index contributed by atoms with van der Waals surface area (Å²) < 4.78 is 0. The summed E-state index contributed by atoms with van der Waals surface area (Å²) in [7, 11) is 2.67. The van der Waals surface area contributed by atoms with Gasteiger partial charge in [0.1, 0.15) is 0 Å². The third-order valence-electron chi connectivity index (χ3n) is 4.62. The Labute approximate surface area is 151 Å². The van der Waals surface area contributed by atoms with Gasteiger partial charge in [0.25, 0.3) is 0 Å². The number of urea groups is 1. The van der Waals surface area contributed by atoms with Gasteiger partial charge >= 0.3 is 6.03 Å². The highest BCUT2D eigenvalue weighted by atomic mass is 16.2. The van der Waals surface area contributed by atoms with Crippen molar-refractivity contribution < 1.29 is 19.2 Å². The first kappa shape index (κ1) is 17.7. The zero-order valence-corrected chi connectivity index (χ0v) is 14.8. The van der Waals surface area contributed by atoms with Gasteiger partial charge in [-0.15, -0.1) is 0 Å². The second-order valence-electron chi connectivity index (χ2n) is 6.22. The average Bonchev–Trinajstić information content (AvgIpc) is 3.10. The van der Waals surface area contributed by atoms with E-state index in [1.807, 2.05) is 30.3 Å². The Morgan fingerprint density at radius 3 is 2.15 bits per heavy atom. The second-order valence-corrected chi connectivity index (χ2v) is 6.22. The van der Waals surface area contributed by atoms with Gasteiger partial charge < -0.3 is 0 Å². The van der Waals surface area contributed by atoms with Crippen molar-refractivity contribution in [2.75, 3.05) is 14.1 Å². The normalized spacial score (nSPS) is 21.2. The van der Waals surface area contributed by atoms with E-state index in [2.05, 4.69) is 5.43 Å². The molecule has 136 valence electrons. The van der Waals surface area contributed by atoms with Crippen LogP contribution in [0.4, 0.5) is 4.79 Å². The number of barbiturate groups is 1. The number of nitrogens with one attached hydrogen (secondary N) is 1. The van der Waals surface area contributed by atoms with Gasteiger partial charge in [-0.3, -0.25) is 29.6 Å². The molecule has 1 fully saturated rings. The van der Waals surface area contributed by atoms with E-state index < -0.39 is 29.8 Å². The van der Waals surface area contributed by atoms with E-state index in [0.29, 0.717) is 5.70 Å². The Morgan fingerprint density at radius 2 is 1.62 bits per heavy atom. The van der Waals surface area contributed by atoms with E-state index in [1.165, 1.54) is 19.1 Å². The molecule has 1 N–H and O–H groups in total. The Balaban J connectivity index is 1.99. The summed E-state index contributed by atoms with van der Waals surface area (Å²) in [5.41, 5.74) is 4.07. The minimum absolute atomic E-state index is 0.168. The predicted octanol–water partition coefficient (Wildman–Crippen LogP) is 1.03. The van der Waals surface area contributed by atoms with E-state index in [1.54, 1.807) is 13.0 Å². The van der Waals surface area contributed by atoms with Crippen LogP contribution in [0.1, 0.15) is 24.9 Å². The maximum absolute atomic E-state index is 12.5. The van der Waals surface area contributed by atoms with Gasteiger partial charge in [-0.1, -0.05) is 37.3 Å². The molecule has 0 unspecified atom stereocenters. The summed E-state index contributed by atoms with van der Waals surface area (Å²) in [6.45, 7) is 1.74. The van der Waals surface area contributed by atoms with Crippen LogP contribution in [-0.4, -0.2) is 52.7 Å². The summed E-state index contributed by atoms with van der Waals surface area (Å²) in [6.07, 6.45) is 1.96. The number of benzene rings is 1. The van der Waals surface area contributed by atoms with Gasteiger partial charge in [-0.05, 0) is 11.6 Å². The molecule has 1 saturated heterocycles. The minimum atomic E-state index is -1.18. The van der Waals surface area contributed by atoms with Crippen LogP contribution in [-0.2, 0) is 14.4 Å². The van der Waals surface area contributed by atoms with Crippen molar-refractivity contribution in [3.63, 3.8) is 0 Å². The molecular weight excluding hydrogens is 336 g/mol. The van der Waals surface area contributed by atoms with E-state index >= 15 is 0 Å². The molecule has 0 aromatic heterocycles.